The zero-order valence-corrected chi connectivity index (χ0v) is 12.2. The van der Waals surface area contributed by atoms with Gasteiger partial charge in [-0.25, -0.2) is 4.68 Å². The molecule has 0 amide bonds. The molecule has 0 aliphatic rings. The molecule has 1 aromatic carbocycles. The summed E-state index contributed by atoms with van der Waals surface area (Å²) >= 11 is 0. The Bertz CT molecular complexity index is 849. The molecule has 0 aliphatic heterocycles. The van der Waals surface area contributed by atoms with Crippen molar-refractivity contribution in [1.82, 2.24) is 19.6 Å². The number of ether oxygens (including phenoxy) is 1. The number of Topliss-reactive ketones (excluding diaryl/α,β-unsaturated/α-hetero) is 1. The van der Waals surface area contributed by atoms with E-state index < -0.39 is 0 Å². The van der Waals surface area contributed by atoms with Crippen LogP contribution in [0.3, 0.4) is 0 Å². The van der Waals surface area contributed by atoms with Crippen molar-refractivity contribution in [3.63, 3.8) is 0 Å². The van der Waals surface area contributed by atoms with Gasteiger partial charge in [0, 0.05) is 29.5 Å². The minimum atomic E-state index is -0.383. The summed E-state index contributed by atoms with van der Waals surface area (Å²) in [5, 5.41) is 9.29. The minimum absolute atomic E-state index is 0.0255. The molecule has 0 saturated heterocycles. The Morgan fingerprint density at radius 3 is 2.77 bits per heavy atom. The van der Waals surface area contributed by atoms with Crippen LogP contribution in [0.4, 0.5) is 0 Å². The number of methoxy groups -OCH3 is 1. The van der Waals surface area contributed by atoms with Crippen LogP contribution in [-0.4, -0.2) is 38.4 Å². The standard InChI is InChI=1S/C15H14N4O3/c1-10(20)12-7-13-11(6-14(12)19-5-3-4-16-19)8-18(17-13)9-15(21)22-2/h3-8H,9H2,1-2H3. The Labute approximate surface area is 126 Å². The molecule has 0 bridgehead atoms. The lowest BCUT2D eigenvalue weighted by Gasteiger charge is -2.06. The van der Waals surface area contributed by atoms with E-state index in [0.717, 1.165) is 5.39 Å². The summed E-state index contributed by atoms with van der Waals surface area (Å²) in [6.45, 7) is 1.53. The van der Waals surface area contributed by atoms with Gasteiger partial charge < -0.3 is 4.74 Å². The van der Waals surface area contributed by atoms with Crippen LogP contribution in [0.1, 0.15) is 17.3 Å². The maximum atomic E-state index is 11.9. The van der Waals surface area contributed by atoms with E-state index in [2.05, 4.69) is 14.9 Å². The number of ketones is 1. The van der Waals surface area contributed by atoms with Gasteiger partial charge in [0.1, 0.15) is 6.54 Å². The number of rotatable bonds is 4. The minimum Gasteiger partial charge on any atom is -0.468 e. The van der Waals surface area contributed by atoms with Crippen LogP contribution < -0.4 is 0 Å². The first-order chi connectivity index (χ1) is 10.6. The van der Waals surface area contributed by atoms with Gasteiger partial charge in [0.15, 0.2) is 5.78 Å². The molecular weight excluding hydrogens is 284 g/mol. The van der Waals surface area contributed by atoms with E-state index in [9.17, 15) is 9.59 Å². The van der Waals surface area contributed by atoms with Gasteiger partial charge in [0.2, 0.25) is 0 Å². The number of fused-ring (bicyclic) bond motifs is 1. The number of esters is 1. The second-order valence-corrected chi connectivity index (χ2v) is 4.84. The van der Waals surface area contributed by atoms with E-state index in [1.54, 1.807) is 35.4 Å². The van der Waals surface area contributed by atoms with Crippen LogP contribution >= 0.6 is 0 Å². The number of hydrogen-bond acceptors (Lipinski definition) is 5. The predicted octanol–water partition coefficient (Wildman–Crippen LogP) is 1.60. The number of benzene rings is 1. The maximum Gasteiger partial charge on any atom is 0.327 e. The summed E-state index contributed by atoms with van der Waals surface area (Å²) in [5.74, 6) is -0.457. The lowest BCUT2D eigenvalue weighted by Crippen LogP contribution is -2.11. The molecule has 3 rings (SSSR count). The van der Waals surface area contributed by atoms with Crippen LogP contribution in [0, 0.1) is 0 Å². The third kappa shape index (κ3) is 2.48. The number of aromatic nitrogens is 4. The van der Waals surface area contributed by atoms with E-state index in [1.165, 1.54) is 18.7 Å². The molecular formula is C15H14N4O3. The van der Waals surface area contributed by atoms with Crippen molar-refractivity contribution in [3.8, 4) is 5.69 Å². The number of carbonyl (C=O) groups is 2. The molecule has 2 heterocycles. The van der Waals surface area contributed by atoms with Crippen LogP contribution in [-0.2, 0) is 16.1 Å². The first-order valence-electron chi connectivity index (χ1n) is 6.67. The van der Waals surface area contributed by atoms with E-state index in [0.29, 0.717) is 16.8 Å². The molecule has 7 nitrogen and oxygen atoms in total. The van der Waals surface area contributed by atoms with Crippen molar-refractivity contribution < 1.29 is 14.3 Å². The van der Waals surface area contributed by atoms with Gasteiger partial charge in [-0.3, -0.25) is 14.3 Å². The monoisotopic (exact) mass is 298 g/mol. The van der Waals surface area contributed by atoms with Gasteiger partial charge in [0.25, 0.3) is 0 Å². The molecule has 0 radical (unpaired) electrons. The van der Waals surface area contributed by atoms with Gasteiger partial charge in [0.05, 0.1) is 18.3 Å². The lowest BCUT2D eigenvalue weighted by molar-refractivity contribution is -0.141. The zero-order chi connectivity index (χ0) is 15.7. The molecule has 22 heavy (non-hydrogen) atoms. The zero-order valence-electron chi connectivity index (χ0n) is 12.2. The molecule has 7 heteroatoms. The first kappa shape index (κ1) is 14.0. The quantitative estimate of drug-likeness (QED) is 0.540. The fourth-order valence-electron chi connectivity index (χ4n) is 2.27. The Hall–Kier alpha value is -2.96. The number of carbonyl (C=O) groups excluding carboxylic acids is 2. The fourth-order valence-corrected chi connectivity index (χ4v) is 2.27. The topological polar surface area (TPSA) is 79.0 Å². The predicted molar refractivity (Wildman–Crippen MR) is 78.9 cm³/mol. The highest BCUT2D eigenvalue weighted by atomic mass is 16.5. The summed E-state index contributed by atoms with van der Waals surface area (Å²) in [6.07, 6.45) is 5.16. The summed E-state index contributed by atoms with van der Waals surface area (Å²) in [4.78, 5) is 23.2. The Morgan fingerprint density at radius 1 is 1.32 bits per heavy atom. The summed E-state index contributed by atoms with van der Waals surface area (Å²) in [6, 6.07) is 5.33. The van der Waals surface area contributed by atoms with Gasteiger partial charge in [-0.2, -0.15) is 10.2 Å². The van der Waals surface area contributed by atoms with E-state index in [1.807, 2.05) is 6.07 Å². The van der Waals surface area contributed by atoms with Crippen molar-refractivity contribution in [2.45, 2.75) is 13.5 Å². The van der Waals surface area contributed by atoms with Crippen molar-refractivity contribution in [2.75, 3.05) is 7.11 Å². The molecule has 3 aromatic rings. The van der Waals surface area contributed by atoms with E-state index in [-0.39, 0.29) is 18.3 Å². The lowest BCUT2D eigenvalue weighted by atomic mass is 10.1. The Morgan fingerprint density at radius 2 is 2.14 bits per heavy atom. The van der Waals surface area contributed by atoms with E-state index in [4.69, 9.17) is 0 Å². The molecule has 112 valence electrons. The highest BCUT2D eigenvalue weighted by Gasteiger charge is 2.14. The smallest absolute Gasteiger partial charge is 0.327 e. The summed E-state index contributed by atoms with van der Waals surface area (Å²) < 4.78 is 7.75. The van der Waals surface area contributed by atoms with Crippen molar-refractivity contribution in [2.24, 2.45) is 0 Å². The van der Waals surface area contributed by atoms with Crippen LogP contribution in [0.2, 0.25) is 0 Å². The van der Waals surface area contributed by atoms with Crippen LogP contribution in [0.15, 0.2) is 36.8 Å². The molecule has 0 aliphatic carbocycles. The Kier molecular flexibility index (Phi) is 3.46. The number of hydrogen-bond donors (Lipinski definition) is 0. The van der Waals surface area contributed by atoms with Gasteiger partial charge in [-0.1, -0.05) is 0 Å². The normalized spacial score (nSPS) is 10.8. The highest BCUT2D eigenvalue weighted by Crippen LogP contribution is 2.22. The molecule has 0 spiro atoms. The van der Waals surface area contributed by atoms with Crippen molar-refractivity contribution >= 4 is 22.7 Å². The van der Waals surface area contributed by atoms with Crippen LogP contribution in [0.25, 0.3) is 16.6 Å². The van der Waals surface area contributed by atoms with Gasteiger partial charge in [-0.05, 0) is 25.1 Å². The maximum absolute atomic E-state index is 11.9. The fraction of sp³-hybridized carbons (Fsp3) is 0.200. The second kappa shape index (κ2) is 5.44. The van der Waals surface area contributed by atoms with Crippen molar-refractivity contribution in [1.29, 1.82) is 0 Å². The summed E-state index contributed by atoms with van der Waals surface area (Å²) in [7, 11) is 1.33. The average molecular weight is 298 g/mol. The van der Waals surface area contributed by atoms with Gasteiger partial charge in [-0.15, -0.1) is 0 Å². The molecule has 0 unspecified atom stereocenters. The van der Waals surface area contributed by atoms with Gasteiger partial charge >= 0.3 is 5.97 Å². The summed E-state index contributed by atoms with van der Waals surface area (Å²) in [5.41, 5.74) is 1.85. The Balaban J connectivity index is 2.13. The first-order valence-corrected chi connectivity index (χ1v) is 6.67. The second-order valence-electron chi connectivity index (χ2n) is 4.84. The van der Waals surface area contributed by atoms with Crippen molar-refractivity contribution in [3.05, 3.63) is 42.4 Å². The highest BCUT2D eigenvalue weighted by molar-refractivity contribution is 6.01. The average Bonchev–Trinajstić information content (AvgIpc) is 3.13. The van der Waals surface area contributed by atoms with E-state index >= 15 is 0 Å². The number of nitrogens with zero attached hydrogens (tertiary/aromatic N) is 4. The largest absolute Gasteiger partial charge is 0.468 e. The third-order valence-corrected chi connectivity index (χ3v) is 3.32. The molecule has 0 N–H and O–H groups in total. The molecule has 2 aromatic heterocycles. The SMILES string of the molecule is COC(=O)Cn1cc2cc(-n3cccn3)c(C(C)=O)cc2n1. The third-order valence-electron chi connectivity index (χ3n) is 3.32. The molecule has 0 fully saturated rings. The van der Waals surface area contributed by atoms with Crippen LogP contribution in [0.5, 0.6) is 0 Å². The molecule has 0 atom stereocenters. The molecule has 0 saturated carbocycles.